The lowest BCUT2D eigenvalue weighted by atomic mass is 10.1. The molecule has 0 bridgehead atoms. The summed E-state index contributed by atoms with van der Waals surface area (Å²) in [5.74, 6) is 0.911. The van der Waals surface area contributed by atoms with Crippen molar-refractivity contribution in [1.82, 2.24) is 20.5 Å². The third-order valence-corrected chi connectivity index (χ3v) is 6.68. The van der Waals surface area contributed by atoms with Crippen molar-refractivity contribution < 1.29 is 28.2 Å². The predicted molar refractivity (Wildman–Crippen MR) is 140 cm³/mol. The van der Waals surface area contributed by atoms with E-state index in [0.29, 0.717) is 43.2 Å². The van der Waals surface area contributed by atoms with Gasteiger partial charge in [-0.1, -0.05) is 12.1 Å². The molecule has 2 aliphatic rings. The highest BCUT2D eigenvalue weighted by Gasteiger charge is 2.30. The zero-order valence-corrected chi connectivity index (χ0v) is 21.1. The van der Waals surface area contributed by atoms with E-state index in [9.17, 15) is 18.8 Å². The van der Waals surface area contributed by atoms with Crippen LogP contribution in [-0.4, -0.2) is 61.1 Å². The first-order valence-corrected chi connectivity index (χ1v) is 12.6. The number of aromatic nitrogens is 1. The van der Waals surface area contributed by atoms with Crippen LogP contribution in [-0.2, 0) is 22.7 Å². The average molecular weight is 534 g/mol. The summed E-state index contributed by atoms with van der Waals surface area (Å²) < 4.78 is 24.9. The third-order valence-electron chi connectivity index (χ3n) is 6.68. The lowest BCUT2D eigenvalue weighted by Crippen LogP contribution is -2.42. The summed E-state index contributed by atoms with van der Waals surface area (Å²) in [6.45, 7) is 3.75. The standard InChI is InChI=1S/C28H28FN5O5/c29-22-3-1-20(2-4-22)25(32-28(37)31-18-35)16-34-15-21-14-23(5-6-24(21)27(34)36)39-17-19-7-8-30-26(13-19)33-9-11-38-12-10-33/h1-8,13-14,18,25H,9-12,15-17H2,(H2,31,32,35,37)/t25-/m0/s1. The van der Waals surface area contributed by atoms with E-state index in [1.54, 1.807) is 23.2 Å². The van der Waals surface area contributed by atoms with Gasteiger partial charge in [-0.05, 0) is 59.2 Å². The van der Waals surface area contributed by atoms with Gasteiger partial charge in [0.15, 0.2) is 0 Å². The van der Waals surface area contributed by atoms with E-state index < -0.39 is 17.9 Å². The van der Waals surface area contributed by atoms with Crippen molar-refractivity contribution in [2.45, 2.75) is 19.2 Å². The Hall–Kier alpha value is -4.51. The van der Waals surface area contributed by atoms with Crippen LogP contribution >= 0.6 is 0 Å². The molecule has 0 radical (unpaired) electrons. The molecule has 2 aromatic carbocycles. The van der Waals surface area contributed by atoms with Gasteiger partial charge in [0.1, 0.15) is 24.0 Å². The van der Waals surface area contributed by atoms with Crippen molar-refractivity contribution in [3.05, 3.63) is 88.9 Å². The van der Waals surface area contributed by atoms with E-state index in [1.807, 2.05) is 23.5 Å². The largest absolute Gasteiger partial charge is 0.489 e. The predicted octanol–water partition coefficient (Wildman–Crippen LogP) is 2.79. The molecule has 0 saturated carbocycles. The molecule has 1 fully saturated rings. The maximum Gasteiger partial charge on any atom is 0.321 e. The Morgan fingerprint density at radius 2 is 1.92 bits per heavy atom. The molecule has 5 rings (SSSR count). The number of nitrogens with zero attached hydrogens (tertiary/aromatic N) is 3. The Labute approximate surface area is 224 Å². The number of pyridine rings is 1. The number of rotatable bonds is 9. The van der Waals surface area contributed by atoms with Gasteiger partial charge in [0.2, 0.25) is 6.41 Å². The molecular weight excluding hydrogens is 505 g/mol. The van der Waals surface area contributed by atoms with E-state index in [2.05, 4.69) is 15.2 Å². The van der Waals surface area contributed by atoms with Crippen molar-refractivity contribution >= 4 is 24.2 Å². The highest BCUT2D eigenvalue weighted by atomic mass is 19.1. The molecule has 202 valence electrons. The maximum atomic E-state index is 13.5. The van der Waals surface area contributed by atoms with Crippen LogP contribution in [0.25, 0.3) is 0 Å². The summed E-state index contributed by atoms with van der Waals surface area (Å²) >= 11 is 0. The van der Waals surface area contributed by atoms with E-state index in [1.165, 1.54) is 24.3 Å². The molecule has 3 aromatic rings. The normalized spacial score (nSPS) is 15.5. The van der Waals surface area contributed by atoms with Gasteiger partial charge in [0, 0.05) is 37.9 Å². The van der Waals surface area contributed by atoms with Crippen LogP contribution in [0, 0.1) is 5.82 Å². The Morgan fingerprint density at radius 1 is 1.13 bits per heavy atom. The SMILES string of the molecule is O=CNC(=O)N[C@@H](CN1Cc2cc(OCc3ccnc(N4CCOCC4)c3)ccc2C1=O)c1ccc(F)cc1. The monoisotopic (exact) mass is 533 g/mol. The molecule has 10 nitrogen and oxygen atoms in total. The Morgan fingerprint density at radius 3 is 2.69 bits per heavy atom. The molecule has 2 aliphatic heterocycles. The van der Waals surface area contributed by atoms with Crippen molar-refractivity contribution in [3.8, 4) is 5.75 Å². The first-order valence-electron chi connectivity index (χ1n) is 12.6. The zero-order valence-electron chi connectivity index (χ0n) is 21.1. The van der Waals surface area contributed by atoms with Gasteiger partial charge in [0.05, 0.1) is 19.3 Å². The van der Waals surface area contributed by atoms with E-state index in [4.69, 9.17) is 9.47 Å². The van der Waals surface area contributed by atoms with E-state index >= 15 is 0 Å². The van der Waals surface area contributed by atoms with Gasteiger partial charge in [0.25, 0.3) is 5.91 Å². The molecule has 1 atom stereocenters. The van der Waals surface area contributed by atoms with Crippen LogP contribution in [0.4, 0.5) is 15.0 Å². The number of morpholine rings is 1. The fraction of sp³-hybridized carbons (Fsp3) is 0.286. The first-order chi connectivity index (χ1) is 19.0. The Kier molecular flexibility index (Phi) is 7.97. The smallest absolute Gasteiger partial charge is 0.321 e. The van der Waals surface area contributed by atoms with Crippen molar-refractivity contribution in [3.63, 3.8) is 0 Å². The number of benzene rings is 2. The molecule has 11 heteroatoms. The van der Waals surface area contributed by atoms with Crippen LogP contribution in [0.2, 0.25) is 0 Å². The second kappa shape index (κ2) is 11.9. The molecule has 1 saturated heterocycles. The molecule has 2 N–H and O–H groups in total. The minimum absolute atomic E-state index is 0.128. The number of anilines is 1. The quantitative estimate of drug-likeness (QED) is 0.407. The van der Waals surface area contributed by atoms with Gasteiger partial charge < -0.3 is 24.6 Å². The maximum absolute atomic E-state index is 13.5. The molecular formula is C28H28FN5O5. The molecule has 0 spiro atoms. The van der Waals surface area contributed by atoms with Crippen LogP contribution in [0.5, 0.6) is 5.75 Å². The van der Waals surface area contributed by atoms with E-state index in [-0.39, 0.29) is 18.9 Å². The number of carbonyl (C=O) groups is 3. The number of carbonyl (C=O) groups excluding carboxylic acids is 3. The number of hydrogen-bond acceptors (Lipinski definition) is 7. The molecule has 39 heavy (non-hydrogen) atoms. The van der Waals surface area contributed by atoms with Gasteiger partial charge in [-0.3, -0.25) is 14.9 Å². The molecule has 4 amide bonds. The van der Waals surface area contributed by atoms with Crippen molar-refractivity contribution in [2.24, 2.45) is 0 Å². The second-order valence-corrected chi connectivity index (χ2v) is 9.25. The number of hydrogen-bond donors (Lipinski definition) is 2. The molecule has 0 aliphatic carbocycles. The summed E-state index contributed by atoms with van der Waals surface area (Å²) in [6, 6.07) is 13.5. The molecule has 0 unspecified atom stereocenters. The lowest BCUT2D eigenvalue weighted by molar-refractivity contribution is -0.108. The number of imide groups is 1. The Balaban J connectivity index is 1.25. The number of fused-ring (bicyclic) bond motifs is 1. The average Bonchev–Trinajstić information content (AvgIpc) is 3.27. The number of urea groups is 1. The van der Waals surface area contributed by atoms with Crippen LogP contribution in [0.3, 0.4) is 0 Å². The molecule has 1 aromatic heterocycles. The van der Waals surface area contributed by atoms with Crippen LogP contribution in [0.1, 0.15) is 33.1 Å². The summed E-state index contributed by atoms with van der Waals surface area (Å²) in [5, 5.41) is 4.70. The van der Waals surface area contributed by atoms with Gasteiger partial charge >= 0.3 is 6.03 Å². The van der Waals surface area contributed by atoms with Crippen molar-refractivity contribution in [2.75, 3.05) is 37.7 Å². The zero-order chi connectivity index (χ0) is 27.2. The highest BCUT2D eigenvalue weighted by molar-refractivity contribution is 5.98. The summed E-state index contributed by atoms with van der Waals surface area (Å²) in [4.78, 5) is 44.1. The first kappa shape index (κ1) is 26.1. The van der Waals surface area contributed by atoms with E-state index in [0.717, 1.165) is 30.0 Å². The highest BCUT2D eigenvalue weighted by Crippen LogP contribution is 2.29. The lowest BCUT2D eigenvalue weighted by Gasteiger charge is -2.28. The Bertz CT molecular complexity index is 1350. The van der Waals surface area contributed by atoms with Gasteiger partial charge in [-0.25, -0.2) is 14.2 Å². The fourth-order valence-electron chi connectivity index (χ4n) is 4.68. The minimum Gasteiger partial charge on any atom is -0.489 e. The number of amides is 4. The van der Waals surface area contributed by atoms with Crippen LogP contribution in [0.15, 0.2) is 60.8 Å². The summed E-state index contributed by atoms with van der Waals surface area (Å²) in [5.41, 5.74) is 2.93. The summed E-state index contributed by atoms with van der Waals surface area (Å²) in [6.07, 6.45) is 2.04. The number of ether oxygens (including phenoxy) is 2. The topological polar surface area (TPSA) is 113 Å². The van der Waals surface area contributed by atoms with Crippen LogP contribution < -0.4 is 20.3 Å². The van der Waals surface area contributed by atoms with Gasteiger partial charge in [-0.15, -0.1) is 0 Å². The van der Waals surface area contributed by atoms with Crippen molar-refractivity contribution in [1.29, 1.82) is 0 Å². The fourth-order valence-corrected chi connectivity index (χ4v) is 4.68. The molecule has 3 heterocycles. The number of nitrogens with one attached hydrogen (secondary N) is 2. The third kappa shape index (κ3) is 6.32. The second-order valence-electron chi connectivity index (χ2n) is 9.25. The minimum atomic E-state index is -0.716. The van der Waals surface area contributed by atoms with Gasteiger partial charge in [-0.2, -0.15) is 0 Å². The summed E-state index contributed by atoms with van der Waals surface area (Å²) in [7, 11) is 0. The number of halogens is 1.